The van der Waals surface area contributed by atoms with Crippen molar-refractivity contribution in [3.8, 4) is 0 Å². The van der Waals surface area contributed by atoms with Gasteiger partial charge >= 0.3 is 0 Å². The zero-order valence-electron chi connectivity index (χ0n) is 10.2. The average molecular weight is 312 g/mol. The molecular formula is C13H15BrFN3. The maximum absolute atomic E-state index is 13.5. The number of anilines is 1. The highest BCUT2D eigenvalue weighted by atomic mass is 79.9. The van der Waals surface area contributed by atoms with Crippen LogP contribution in [0.1, 0.15) is 18.9 Å². The Morgan fingerprint density at radius 1 is 1.44 bits per heavy atom. The summed E-state index contributed by atoms with van der Waals surface area (Å²) in [4.78, 5) is 0. The monoisotopic (exact) mass is 311 g/mol. The topological polar surface area (TPSA) is 29.9 Å². The quantitative estimate of drug-likeness (QED) is 0.910. The highest BCUT2D eigenvalue weighted by Gasteiger charge is 2.03. The number of halogens is 2. The summed E-state index contributed by atoms with van der Waals surface area (Å²) in [6.07, 6.45) is 4.83. The van der Waals surface area contributed by atoms with Crippen LogP contribution < -0.4 is 5.32 Å². The van der Waals surface area contributed by atoms with Gasteiger partial charge in [0.25, 0.3) is 0 Å². The predicted octanol–water partition coefficient (Wildman–Crippen LogP) is 3.81. The second-order valence-corrected chi connectivity index (χ2v) is 5.01. The van der Waals surface area contributed by atoms with E-state index in [1.165, 1.54) is 6.07 Å². The van der Waals surface area contributed by atoms with Crippen molar-refractivity contribution in [1.82, 2.24) is 9.78 Å². The van der Waals surface area contributed by atoms with E-state index in [1.54, 1.807) is 18.3 Å². The van der Waals surface area contributed by atoms with E-state index in [0.29, 0.717) is 12.2 Å². The largest absolute Gasteiger partial charge is 0.378 e. The summed E-state index contributed by atoms with van der Waals surface area (Å²) in [6.45, 7) is 3.58. The standard InChI is InChI=1S/C13H15BrFN3/c1-2-5-18-9-10(8-17-18)7-16-13-6-11(14)3-4-12(13)15/h3-4,6,8-9,16H,2,5,7H2,1H3. The Labute approximate surface area is 114 Å². The lowest BCUT2D eigenvalue weighted by Gasteiger charge is -2.06. The molecule has 0 aliphatic heterocycles. The summed E-state index contributed by atoms with van der Waals surface area (Å²) in [5.41, 5.74) is 1.54. The first-order chi connectivity index (χ1) is 8.69. The third-order valence-corrected chi connectivity index (χ3v) is 3.04. The molecule has 0 saturated carbocycles. The molecule has 1 aromatic carbocycles. The first-order valence-corrected chi connectivity index (χ1v) is 6.68. The Balaban J connectivity index is 1.99. The van der Waals surface area contributed by atoms with Gasteiger partial charge in [0.05, 0.1) is 11.9 Å². The Bertz CT molecular complexity index is 525. The van der Waals surface area contributed by atoms with Gasteiger partial charge in [-0.1, -0.05) is 22.9 Å². The lowest BCUT2D eigenvalue weighted by molar-refractivity contribution is 0.602. The van der Waals surface area contributed by atoms with Crippen LogP contribution >= 0.6 is 15.9 Å². The number of nitrogens with zero attached hydrogens (tertiary/aromatic N) is 2. The smallest absolute Gasteiger partial charge is 0.146 e. The van der Waals surface area contributed by atoms with Crippen molar-refractivity contribution in [2.24, 2.45) is 0 Å². The van der Waals surface area contributed by atoms with Gasteiger partial charge in [-0.15, -0.1) is 0 Å². The third kappa shape index (κ3) is 3.32. The van der Waals surface area contributed by atoms with Crippen LogP contribution in [-0.4, -0.2) is 9.78 Å². The Kier molecular flexibility index (Phi) is 4.36. The van der Waals surface area contributed by atoms with E-state index in [9.17, 15) is 4.39 Å². The number of aromatic nitrogens is 2. The number of aryl methyl sites for hydroxylation is 1. The van der Waals surface area contributed by atoms with E-state index in [4.69, 9.17) is 0 Å². The molecule has 18 heavy (non-hydrogen) atoms. The second kappa shape index (κ2) is 6.00. The minimum absolute atomic E-state index is 0.251. The van der Waals surface area contributed by atoms with Crippen molar-refractivity contribution in [3.05, 3.63) is 46.4 Å². The van der Waals surface area contributed by atoms with E-state index < -0.39 is 0 Å². The van der Waals surface area contributed by atoms with Crippen molar-refractivity contribution in [1.29, 1.82) is 0 Å². The number of benzene rings is 1. The molecule has 0 fully saturated rings. The molecule has 0 radical (unpaired) electrons. The molecule has 2 rings (SSSR count). The summed E-state index contributed by atoms with van der Waals surface area (Å²) in [5, 5.41) is 7.30. The molecule has 1 heterocycles. The van der Waals surface area contributed by atoms with Crippen LogP contribution in [0.15, 0.2) is 35.1 Å². The maximum Gasteiger partial charge on any atom is 0.146 e. The van der Waals surface area contributed by atoms with Gasteiger partial charge in [0.15, 0.2) is 0 Å². The van der Waals surface area contributed by atoms with E-state index >= 15 is 0 Å². The summed E-state index contributed by atoms with van der Waals surface area (Å²) in [7, 11) is 0. The molecule has 0 atom stereocenters. The molecule has 5 heteroatoms. The van der Waals surface area contributed by atoms with Gasteiger partial charge in [-0.05, 0) is 24.6 Å². The number of rotatable bonds is 5. The van der Waals surface area contributed by atoms with Crippen molar-refractivity contribution in [2.75, 3.05) is 5.32 Å². The molecule has 0 spiro atoms. The molecule has 1 N–H and O–H groups in total. The van der Waals surface area contributed by atoms with Crippen molar-refractivity contribution in [2.45, 2.75) is 26.4 Å². The molecule has 2 aromatic rings. The van der Waals surface area contributed by atoms with Crippen LogP contribution in [0.25, 0.3) is 0 Å². The normalized spacial score (nSPS) is 10.6. The zero-order valence-corrected chi connectivity index (χ0v) is 11.7. The second-order valence-electron chi connectivity index (χ2n) is 4.09. The van der Waals surface area contributed by atoms with Gasteiger partial charge in [0, 0.05) is 29.3 Å². The van der Waals surface area contributed by atoms with E-state index in [0.717, 1.165) is 23.0 Å². The Morgan fingerprint density at radius 2 is 2.28 bits per heavy atom. The minimum atomic E-state index is -0.251. The Morgan fingerprint density at radius 3 is 3.06 bits per heavy atom. The van der Waals surface area contributed by atoms with Crippen molar-refractivity contribution < 1.29 is 4.39 Å². The fourth-order valence-corrected chi connectivity index (χ4v) is 2.04. The van der Waals surface area contributed by atoms with Crippen LogP contribution in [0.2, 0.25) is 0 Å². The zero-order chi connectivity index (χ0) is 13.0. The molecular weight excluding hydrogens is 297 g/mol. The molecule has 0 aliphatic carbocycles. The Hall–Kier alpha value is -1.36. The van der Waals surface area contributed by atoms with Crippen LogP contribution in [0.4, 0.5) is 10.1 Å². The number of hydrogen-bond donors (Lipinski definition) is 1. The molecule has 0 amide bonds. The highest BCUT2D eigenvalue weighted by Crippen LogP contribution is 2.20. The SMILES string of the molecule is CCCn1cc(CNc2cc(Br)ccc2F)cn1. The molecule has 1 aromatic heterocycles. The first kappa shape index (κ1) is 13.1. The highest BCUT2D eigenvalue weighted by molar-refractivity contribution is 9.10. The van der Waals surface area contributed by atoms with Gasteiger partial charge in [-0.2, -0.15) is 5.10 Å². The predicted molar refractivity (Wildman–Crippen MR) is 73.9 cm³/mol. The van der Waals surface area contributed by atoms with Crippen LogP contribution in [0.3, 0.4) is 0 Å². The van der Waals surface area contributed by atoms with Crippen LogP contribution in [0, 0.1) is 5.82 Å². The van der Waals surface area contributed by atoms with Gasteiger partial charge < -0.3 is 5.32 Å². The van der Waals surface area contributed by atoms with Gasteiger partial charge in [0.1, 0.15) is 5.82 Å². The molecule has 0 aliphatic rings. The van der Waals surface area contributed by atoms with Crippen LogP contribution in [0.5, 0.6) is 0 Å². The van der Waals surface area contributed by atoms with E-state index in [2.05, 4.69) is 33.3 Å². The maximum atomic E-state index is 13.5. The van der Waals surface area contributed by atoms with Crippen LogP contribution in [-0.2, 0) is 13.1 Å². The summed E-state index contributed by atoms with van der Waals surface area (Å²) >= 11 is 3.32. The van der Waals surface area contributed by atoms with Gasteiger partial charge in [-0.3, -0.25) is 4.68 Å². The molecule has 0 bridgehead atoms. The third-order valence-electron chi connectivity index (χ3n) is 2.55. The number of hydrogen-bond acceptors (Lipinski definition) is 2. The fraction of sp³-hybridized carbons (Fsp3) is 0.308. The molecule has 96 valence electrons. The van der Waals surface area contributed by atoms with Gasteiger partial charge in [0.2, 0.25) is 0 Å². The van der Waals surface area contributed by atoms with Gasteiger partial charge in [-0.25, -0.2) is 4.39 Å². The van der Waals surface area contributed by atoms with Crippen molar-refractivity contribution >= 4 is 21.6 Å². The summed E-state index contributed by atoms with van der Waals surface area (Å²) < 4.78 is 16.2. The minimum Gasteiger partial charge on any atom is -0.378 e. The fourth-order valence-electron chi connectivity index (χ4n) is 1.68. The van der Waals surface area contributed by atoms with Crippen molar-refractivity contribution in [3.63, 3.8) is 0 Å². The summed E-state index contributed by atoms with van der Waals surface area (Å²) in [5.74, 6) is -0.251. The van der Waals surface area contributed by atoms with E-state index in [-0.39, 0.29) is 5.82 Å². The van der Waals surface area contributed by atoms with E-state index in [1.807, 2.05) is 10.9 Å². The molecule has 0 saturated heterocycles. The average Bonchev–Trinajstić information content (AvgIpc) is 2.79. The first-order valence-electron chi connectivity index (χ1n) is 5.89. The molecule has 0 unspecified atom stereocenters. The lowest BCUT2D eigenvalue weighted by atomic mass is 10.3. The summed E-state index contributed by atoms with van der Waals surface area (Å²) in [6, 6.07) is 4.85. The number of nitrogens with one attached hydrogen (secondary N) is 1. The molecule has 3 nitrogen and oxygen atoms in total. The lowest BCUT2D eigenvalue weighted by Crippen LogP contribution is -2.01.